The van der Waals surface area contributed by atoms with E-state index in [1.54, 1.807) is 0 Å². The Bertz CT molecular complexity index is 289. The van der Waals surface area contributed by atoms with E-state index in [0.717, 1.165) is 19.6 Å². The average Bonchev–Trinajstić information content (AvgIpc) is 2.95. The van der Waals surface area contributed by atoms with Crippen LogP contribution in [-0.4, -0.2) is 42.3 Å². The number of nitrogens with zero attached hydrogens (tertiary/aromatic N) is 1. The van der Waals surface area contributed by atoms with Gasteiger partial charge in [0.25, 0.3) is 0 Å². The van der Waals surface area contributed by atoms with Gasteiger partial charge in [0.15, 0.2) is 0 Å². The summed E-state index contributed by atoms with van der Waals surface area (Å²) in [6.45, 7) is 9.16. The number of amides is 1. The van der Waals surface area contributed by atoms with Crippen LogP contribution in [0.15, 0.2) is 0 Å². The van der Waals surface area contributed by atoms with E-state index in [-0.39, 0.29) is 17.7 Å². The van der Waals surface area contributed by atoms with Crippen molar-refractivity contribution in [1.29, 1.82) is 0 Å². The lowest BCUT2D eigenvalue weighted by Crippen LogP contribution is -2.44. The Morgan fingerprint density at radius 2 is 1.94 bits per heavy atom. The minimum absolute atomic E-state index is 0.0884. The van der Waals surface area contributed by atoms with E-state index in [4.69, 9.17) is 4.74 Å². The first-order chi connectivity index (χ1) is 8.44. The highest BCUT2D eigenvalue weighted by Gasteiger charge is 2.36. The maximum atomic E-state index is 11.8. The van der Waals surface area contributed by atoms with Crippen molar-refractivity contribution in [3.63, 3.8) is 0 Å². The Hall–Kier alpha value is -0.770. The first-order valence-corrected chi connectivity index (χ1v) is 7.15. The molecule has 1 heterocycles. The van der Waals surface area contributed by atoms with E-state index in [2.05, 4.69) is 10.2 Å². The van der Waals surface area contributed by atoms with Crippen molar-refractivity contribution < 1.29 is 9.53 Å². The summed E-state index contributed by atoms with van der Waals surface area (Å²) in [5.74, 6) is 0.594. The summed E-state index contributed by atoms with van der Waals surface area (Å²) in [5, 5.41) is 2.88. The molecule has 0 bridgehead atoms. The Balaban J connectivity index is 1.80. The zero-order valence-corrected chi connectivity index (χ0v) is 11.9. The first kappa shape index (κ1) is 13.7. The van der Waals surface area contributed by atoms with Crippen LogP contribution in [-0.2, 0) is 4.74 Å². The lowest BCUT2D eigenvalue weighted by Gasteiger charge is -2.26. The Labute approximate surface area is 110 Å². The molecule has 18 heavy (non-hydrogen) atoms. The third-order valence-corrected chi connectivity index (χ3v) is 3.52. The van der Waals surface area contributed by atoms with Gasteiger partial charge in [-0.25, -0.2) is 4.79 Å². The maximum absolute atomic E-state index is 11.8. The van der Waals surface area contributed by atoms with Crippen molar-refractivity contribution >= 4 is 6.09 Å². The molecular formula is C14H26N2O2. The predicted molar refractivity (Wildman–Crippen MR) is 71.6 cm³/mol. The van der Waals surface area contributed by atoms with Crippen LogP contribution in [0.1, 0.15) is 46.5 Å². The molecule has 0 spiro atoms. The summed E-state index contributed by atoms with van der Waals surface area (Å²) < 4.78 is 5.62. The summed E-state index contributed by atoms with van der Waals surface area (Å²) in [5.41, 5.74) is -0.223. The molecule has 1 atom stereocenters. The van der Waals surface area contributed by atoms with Gasteiger partial charge in [0.1, 0.15) is 6.10 Å². The van der Waals surface area contributed by atoms with Crippen molar-refractivity contribution in [3.05, 3.63) is 0 Å². The Kier molecular flexibility index (Phi) is 4.15. The molecule has 1 aliphatic carbocycles. The fraction of sp³-hybridized carbons (Fsp3) is 0.929. The van der Waals surface area contributed by atoms with Crippen LogP contribution in [0.25, 0.3) is 0 Å². The summed E-state index contributed by atoms with van der Waals surface area (Å²) >= 11 is 0. The molecular weight excluding hydrogens is 228 g/mol. The number of ether oxygens (including phenoxy) is 1. The van der Waals surface area contributed by atoms with Crippen LogP contribution >= 0.6 is 0 Å². The SMILES string of the molecule is CC(C)(C)NC(=O)O[C@@H](CN1CCCC1)C1CC1. The van der Waals surface area contributed by atoms with Gasteiger partial charge in [-0.05, 0) is 65.5 Å². The van der Waals surface area contributed by atoms with Gasteiger partial charge in [-0.1, -0.05) is 0 Å². The number of alkyl carbamates (subject to hydrolysis) is 1. The predicted octanol–water partition coefficient (Wildman–Crippen LogP) is 2.39. The second kappa shape index (κ2) is 5.47. The molecule has 2 rings (SSSR count). The van der Waals surface area contributed by atoms with Crippen molar-refractivity contribution in [2.24, 2.45) is 5.92 Å². The highest BCUT2D eigenvalue weighted by Crippen LogP contribution is 2.35. The molecule has 104 valence electrons. The van der Waals surface area contributed by atoms with Gasteiger partial charge in [-0.15, -0.1) is 0 Å². The molecule has 0 unspecified atom stereocenters. The van der Waals surface area contributed by atoms with E-state index in [1.165, 1.54) is 25.7 Å². The van der Waals surface area contributed by atoms with Crippen LogP contribution < -0.4 is 5.32 Å². The molecule has 4 nitrogen and oxygen atoms in total. The lowest BCUT2D eigenvalue weighted by molar-refractivity contribution is 0.0586. The van der Waals surface area contributed by atoms with Crippen molar-refractivity contribution in [2.75, 3.05) is 19.6 Å². The molecule has 1 saturated carbocycles. The number of likely N-dealkylation sites (tertiary alicyclic amines) is 1. The average molecular weight is 254 g/mol. The fourth-order valence-electron chi connectivity index (χ4n) is 2.44. The number of hydrogen-bond acceptors (Lipinski definition) is 3. The lowest BCUT2D eigenvalue weighted by atomic mass is 10.1. The largest absolute Gasteiger partial charge is 0.445 e. The molecule has 1 aliphatic heterocycles. The van der Waals surface area contributed by atoms with Crippen molar-refractivity contribution in [3.8, 4) is 0 Å². The molecule has 0 aromatic carbocycles. The molecule has 1 amide bonds. The van der Waals surface area contributed by atoms with E-state index < -0.39 is 0 Å². The van der Waals surface area contributed by atoms with Crippen LogP contribution in [0.2, 0.25) is 0 Å². The summed E-state index contributed by atoms with van der Waals surface area (Å²) in [6.07, 6.45) is 4.81. The van der Waals surface area contributed by atoms with Crippen LogP contribution in [0.5, 0.6) is 0 Å². The van der Waals surface area contributed by atoms with E-state index in [1.807, 2.05) is 20.8 Å². The number of hydrogen-bond donors (Lipinski definition) is 1. The van der Waals surface area contributed by atoms with Gasteiger partial charge in [0.2, 0.25) is 0 Å². The summed E-state index contributed by atoms with van der Waals surface area (Å²) in [4.78, 5) is 14.2. The highest BCUT2D eigenvalue weighted by atomic mass is 16.6. The zero-order valence-electron chi connectivity index (χ0n) is 11.9. The van der Waals surface area contributed by atoms with Crippen molar-refractivity contribution in [2.45, 2.75) is 58.1 Å². The van der Waals surface area contributed by atoms with Crippen LogP contribution in [0.3, 0.4) is 0 Å². The second-order valence-corrected chi connectivity index (χ2v) is 6.66. The molecule has 0 radical (unpaired) electrons. The van der Waals surface area contributed by atoms with Gasteiger partial charge in [-0.2, -0.15) is 0 Å². The molecule has 1 saturated heterocycles. The van der Waals surface area contributed by atoms with Crippen LogP contribution in [0.4, 0.5) is 4.79 Å². The quantitative estimate of drug-likeness (QED) is 0.837. The fourth-order valence-corrected chi connectivity index (χ4v) is 2.44. The summed E-state index contributed by atoms with van der Waals surface area (Å²) in [7, 11) is 0. The van der Waals surface area contributed by atoms with E-state index >= 15 is 0 Å². The molecule has 2 fully saturated rings. The maximum Gasteiger partial charge on any atom is 0.407 e. The normalized spacial score (nSPS) is 22.8. The molecule has 2 aliphatic rings. The monoisotopic (exact) mass is 254 g/mol. The van der Waals surface area contributed by atoms with Crippen LogP contribution in [0, 0.1) is 5.92 Å². The number of rotatable bonds is 4. The molecule has 1 N–H and O–H groups in total. The number of nitrogens with one attached hydrogen (secondary N) is 1. The summed E-state index contributed by atoms with van der Waals surface area (Å²) in [6, 6.07) is 0. The molecule has 4 heteroatoms. The highest BCUT2D eigenvalue weighted by molar-refractivity contribution is 5.68. The van der Waals surface area contributed by atoms with Gasteiger partial charge >= 0.3 is 6.09 Å². The Morgan fingerprint density at radius 1 is 1.33 bits per heavy atom. The van der Waals surface area contributed by atoms with E-state index in [0.29, 0.717) is 5.92 Å². The van der Waals surface area contributed by atoms with Gasteiger partial charge in [0.05, 0.1) is 0 Å². The second-order valence-electron chi connectivity index (χ2n) is 6.66. The standard InChI is InChI=1S/C14H26N2O2/c1-14(2,3)15-13(17)18-12(11-6-7-11)10-16-8-4-5-9-16/h11-12H,4-10H2,1-3H3,(H,15,17)/t12-/m0/s1. The third kappa shape index (κ3) is 4.48. The van der Waals surface area contributed by atoms with Gasteiger partial charge in [0, 0.05) is 12.1 Å². The smallest absolute Gasteiger partial charge is 0.407 e. The molecule has 0 aromatic heterocycles. The number of carbonyl (C=O) groups is 1. The van der Waals surface area contributed by atoms with Crippen molar-refractivity contribution in [1.82, 2.24) is 10.2 Å². The minimum Gasteiger partial charge on any atom is -0.445 e. The number of carbonyl (C=O) groups excluding carboxylic acids is 1. The van der Waals surface area contributed by atoms with E-state index in [9.17, 15) is 4.79 Å². The van der Waals surface area contributed by atoms with Gasteiger partial charge < -0.3 is 10.1 Å². The zero-order chi connectivity index (χ0) is 13.2. The topological polar surface area (TPSA) is 41.6 Å². The third-order valence-electron chi connectivity index (χ3n) is 3.52. The van der Waals surface area contributed by atoms with Gasteiger partial charge in [-0.3, -0.25) is 4.90 Å². The first-order valence-electron chi connectivity index (χ1n) is 7.15. The minimum atomic E-state index is -0.265. The Morgan fingerprint density at radius 3 is 2.44 bits per heavy atom. The molecule has 0 aromatic rings.